The van der Waals surface area contributed by atoms with E-state index in [2.05, 4.69) is 15.6 Å². The number of ether oxygens (including phenoxy) is 1. The molecule has 3 rings (SSSR count). The van der Waals surface area contributed by atoms with Gasteiger partial charge in [-0.1, -0.05) is 0 Å². The van der Waals surface area contributed by atoms with Gasteiger partial charge >= 0.3 is 0 Å². The van der Waals surface area contributed by atoms with Crippen molar-refractivity contribution in [2.24, 2.45) is 0 Å². The maximum atomic E-state index is 13.9. The van der Waals surface area contributed by atoms with Crippen LogP contribution in [-0.4, -0.2) is 16.8 Å². The number of thiazole rings is 1. The lowest BCUT2D eigenvalue weighted by molar-refractivity contribution is -0.114. The first-order valence-electron chi connectivity index (χ1n) is 8.12. The van der Waals surface area contributed by atoms with Crippen molar-refractivity contribution >= 4 is 34.5 Å². The molecule has 0 aliphatic carbocycles. The minimum absolute atomic E-state index is 0.0756. The maximum Gasteiger partial charge on any atom is 0.275 e. The fourth-order valence-corrected chi connectivity index (χ4v) is 2.93. The highest BCUT2D eigenvalue weighted by Crippen LogP contribution is 2.21. The Balaban J connectivity index is 1.64. The molecule has 2 N–H and O–H groups in total. The Morgan fingerprint density at radius 3 is 2.57 bits per heavy atom. The molecule has 0 saturated heterocycles. The second kappa shape index (κ2) is 8.57. The first-order valence-corrected chi connectivity index (χ1v) is 9.00. The van der Waals surface area contributed by atoms with E-state index in [0.29, 0.717) is 16.4 Å². The highest BCUT2D eigenvalue weighted by molar-refractivity contribution is 7.09. The Labute approximate surface area is 163 Å². The Bertz CT molecular complexity index is 1010. The summed E-state index contributed by atoms with van der Waals surface area (Å²) < 4.78 is 32.3. The van der Waals surface area contributed by atoms with Crippen molar-refractivity contribution < 1.29 is 23.1 Å². The Morgan fingerprint density at radius 2 is 1.86 bits per heavy atom. The molecule has 0 fully saturated rings. The molecule has 3 aromatic rings. The number of hydrogen-bond donors (Lipinski definition) is 2. The Kier molecular flexibility index (Phi) is 5.95. The van der Waals surface area contributed by atoms with Crippen LogP contribution < -0.4 is 15.4 Å². The van der Waals surface area contributed by atoms with E-state index in [1.165, 1.54) is 60.0 Å². The van der Waals surface area contributed by atoms with Crippen LogP contribution in [0.25, 0.3) is 0 Å². The number of aromatic nitrogens is 1. The number of carbonyl (C=O) groups is 2. The van der Waals surface area contributed by atoms with Crippen molar-refractivity contribution in [3.63, 3.8) is 0 Å². The molecule has 6 nitrogen and oxygen atoms in total. The number of hydrogen-bond acceptors (Lipinski definition) is 5. The lowest BCUT2D eigenvalue weighted by Crippen LogP contribution is -2.14. The summed E-state index contributed by atoms with van der Waals surface area (Å²) in [4.78, 5) is 27.6. The van der Waals surface area contributed by atoms with Crippen molar-refractivity contribution in [3.05, 3.63) is 70.2 Å². The van der Waals surface area contributed by atoms with Crippen LogP contribution >= 0.6 is 11.3 Å². The quantitative estimate of drug-likeness (QED) is 0.646. The first kappa shape index (κ1) is 19.4. The number of anilines is 2. The fraction of sp³-hybridized carbons (Fsp3) is 0.105. The zero-order valence-electron chi connectivity index (χ0n) is 14.7. The monoisotopic (exact) mass is 403 g/mol. The van der Waals surface area contributed by atoms with Gasteiger partial charge in [0.25, 0.3) is 5.91 Å². The van der Waals surface area contributed by atoms with Gasteiger partial charge < -0.3 is 15.4 Å². The molecule has 0 aliphatic rings. The van der Waals surface area contributed by atoms with E-state index in [4.69, 9.17) is 4.74 Å². The smallest absolute Gasteiger partial charge is 0.275 e. The molecule has 28 heavy (non-hydrogen) atoms. The van der Waals surface area contributed by atoms with Gasteiger partial charge in [0.2, 0.25) is 5.91 Å². The summed E-state index contributed by atoms with van der Waals surface area (Å²) in [6.45, 7) is 1.43. The van der Waals surface area contributed by atoms with Gasteiger partial charge in [-0.05, 0) is 42.5 Å². The van der Waals surface area contributed by atoms with Crippen LogP contribution in [0.3, 0.4) is 0 Å². The number of rotatable bonds is 6. The van der Waals surface area contributed by atoms with E-state index in [1.807, 2.05) is 0 Å². The molecule has 0 saturated carbocycles. The lowest BCUT2D eigenvalue weighted by Gasteiger charge is -2.08. The average Bonchev–Trinajstić information content (AvgIpc) is 3.13. The number of nitrogens with zero attached hydrogens (tertiary/aromatic N) is 1. The molecular weight excluding hydrogens is 388 g/mol. The van der Waals surface area contributed by atoms with E-state index in [9.17, 15) is 18.4 Å². The highest BCUT2D eigenvalue weighted by atomic mass is 32.1. The van der Waals surface area contributed by atoms with Crippen molar-refractivity contribution in [2.45, 2.75) is 13.5 Å². The van der Waals surface area contributed by atoms with Crippen LogP contribution in [0, 0.1) is 11.6 Å². The topological polar surface area (TPSA) is 80.3 Å². The summed E-state index contributed by atoms with van der Waals surface area (Å²) in [5.74, 6) is -1.44. The van der Waals surface area contributed by atoms with Gasteiger partial charge in [0, 0.05) is 18.0 Å². The van der Waals surface area contributed by atoms with Crippen LogP contribution in [0.15, 0.2) is 47.8 Å². The zero-order valence-corrected chi connectivity index (χ0v) is 15.5. The summed E-state index contributed by atoms with van der Waals surface area (Å²) >= 11 is 1.20. The number of amides is 2. The molecule has 9 heteroatoms. The van der Waals surface area contributed by atoms with Gasteiger partial charge in [0.15, 0.2) is 0 Å². The van der Waals surface area contributed by atoms with Gasteiger partial charge in [0.05, 0.1) is 5.69 Å². The Morgan fingerprint density at radius 1 is 1.11 bits per heavy atom. The molecule has 0 atom stereocenters. The fourth-order valence-electron chi connectivity index (χ4n) is 2.25. The summed E-state index contributed by atoms with van der Waals surface area (Å²) in [6.07, 6.45) is 0. The number of benzene rings is 2. The van der Waals surface area contributed by atoms with E-state index in [1.54, 1.807) is 0 Å². The average molecular weight is 403 g/mol. The summed E-state index contributed by atoms with van der Waals surface area (Å²) in [5.41, 5.74) is 0.385. The van der Waals surface area contributed by atoms with Crippen molar-refractivity contribution in [2.75, 3.05) is 10.6 Å². The molecule has 0 radical (unpaired) electrons. The van der Waals surface area contributed by atoms with Crippen LogP contribution in [0.5, 0.6) is 5.75 Å². The van der Waals surface area contributed by atoms with Gasteiger partial charge in [0.1, 0.15) is 34.7 Å². The van der Waals surface area contributed by atoms with Gasteiger partial charge in [-0.2, -0.15) is 0 Å². The molecule has 0 spiro atoms. The predicted octanol–water partition coefficient (Wildman–Crippen LogP) is 4.21. The van der Waals surface area contributed by atoms with Gasteiger partial charge in [-0.25, -0.2) is 13.8 Å². The second-order valence-electron chi connectivity index (χ2n) is 5.70. The highest BCUT2D eigenvalue weighted by Gasteiger charge is 2.14. The van der Waals surface area contributed by atoms with Crippen molar-refractivity contribution in [1.29, 1.82) is 0 Å². The van der Waals surface area contributed by atoms with E-state index in [0.717, 1.165) is 6.07 Å². The van der Waals surface area contributed by atoms with Gasteiger partial charge in [-0.3, -0.25) is 9.59 Å². The van der Waals surface area contributed by atoms with Crippen molar-refractivity contribution in [3.8, 4) is 5.75 Å². The van der Waals surface area contributed by atoms with Crippen LogP contribution in [0.2, 0.25) is 0 Å². The second-order valence-corrected chi connectivity index (χ2v) is 6.64. The molecule has 2 amide bonds. The SMILES string of the molecule is CC(=O)Nc1ccc(F)c(NC(=O)c2csc(COc3ccc(F)cc3)n2)c1. The van der Waals surface area contributed by atoms with Gasteiger partial charge in [-0.15, -0.1) is 11.3 Å². The normalized spacial score (nSPS) is 10.4. The van der Waals surface area contributed by atoms with E-state index in [-0.39, 0.29) is 29.7 Å². The molecule has 2 aromatic carbocycles. The molecular formula is C19H15F2N3O3S. The molecule has 0 bridgehead atoms. The summed E-state index contributed by atoms with van der Waals surface area (Å²) in [5, 5.41) is 7.00. The number of carbonyl (C=O) groups excluding carboxylic acids is 2. The Hall–Kier alpha value is -3.33. The van der Waals surface area contributed by atoms with Crippen LogP contribution in [0.4, 0.5) is 20.2 Å². The maximum absolute atomic E-state index is 13.9. The summed E-state index contributed by atoms with van der Waals surface area (Å²) in [7, 11) is 0. The zero-order chi connectivity index (χ0) is 20.1. The minimum atomic E-state index is -0.641. The number of halogens is 2. The third-order valence-electron chi connectivity index (χ3n) is 3.50. The molecule has 144 valence electrons. The van der Waals surface area contributed by atoms with Crippen LogP contribution in [0.1, 0.15) is 22.4 Å². The predicted molar refractivity (Wildman–Crippen MR) is 102 cm³/mol. The molecule has 0 unspecified atom stereocenters. The lowest BCUT2D eigenvalue weighted by atomic mass is 10.2. The van der Waals surface area contributed by atoms with Crippen LogP contribution in [-0.2, 0) is 11.4 Å². The van der Waals surface area contributed by atoms with Crippen molar-refractivity contribution in [1.82, 2.24) is 4.98 Å². The van der Waals surface area contributed by atoms with E-state index < -0.39 is 11.7 Å². The molecule has 0 aliphatic heterocycles. The molecule has 1 heterocycles. The standard InChI is InChI=1S/C19H15F2N3O3S/c1-11(25)22-13-4-7-15(21)16(8-13)24-19(26)17-10-28-18(23-17)9-27-14-5-2-12(20)3-6-14/h2-8,10H,9H2,1H3,(H,22,25)(H,24,26). The molecule has 1 aromatic heterocycles. The first-order chi connectivity index (χ1) is 13.4. The third-order valence-corrected chi connectivity index (χ3v) is 4.32. The third kappa shape index (κ3) is 5.10. The number of nitrogens with one attached hydrogen (secondary N) is 2. The largest absolute Gasteiger partial charge is 0.486 e. The minimum Gasteiger partial charge on any atom is -0.486 e. The summed E-state index contributed by atoms with van der Waals surface area (Å²) in [6, 6.07) is 9.38. The van der Waals surface area contributed by atoms with E-state index >= 15 is 0 Å².